The molecule has 1 aliphatic carbocycles. The molecule has 6 nitrogen and oxygen atoms in total. The average molecular weight is 445 g/mol. The minimum atomic E-state index is -0.873. The van der Waals surface area contributed by atoms with Gasteiger partial charge in [-0.05, 0) is 70.5 Å². The molecule has 0 saturated heterocycles. The van der Waals surface area contributed by atoms with Gasteiger partial charge in [-0.2, -0.15) is 0 Å². The van der Waals surface area contributed by atoms with E-state index >= 15 is 0 Å². The number of nitrogens with one attached hydrogen (secondary N) is 1. The van der Waals surface area contributed by atoms with E-state index in [2.05, 4.69) is 5.32 Å². The maximum absolute atomic E-state index is 13.2. The SMILES string of the molecule is CN(Cc1ccccc1)[C@@H]1[C@@H](O)[C@H](Oc2ccc(F)cc2)CC[C@H]1NC(=O)OC(C)(C)C. The van der Waals surface area contributed by atoms with E-state index in [1.807, 2.05) is 63.1 Å². The number of benzene rings is 2. The Balaban J connectivity index is 1.77. The zero-order chi connectivity index (χ0) is 23.3. The monoisotopic (exact) mass is 444 g/mol. The van der Waals surface area contributed by atoms with Gasteiger partial charge < -0.3 is 19.9 Å². The van der Waals surface area contributed by atoms with Crippen molar-refractivity contribution in [2.45, 2.75) is 70.1 Å². The Hall–Kier alpha value is -2.64. The summed E-state index contributed by atoms with van der Waals surface area (Å²) in [6.07, 6.45) is -0.728. The molecule has 174 valence electrons. The van der Waals surface area contributed by atoms with Crippen LogP contribution >= 0.6 is 0 Å². The van der Waals surface area contributed by atoms with Gasteiger partial charge in [0.25, 0.3) is 0 Å². The molecule has 0 unspecified atom stereocenters. The fourth-order valence-electron chi connectivity index (χ4n) is 4.12. The average Bonchev–Trinajstić information content (AvgIpc) is 2.71. The minimum absolute atomic E-state index is 0.318. The van der Waals surface area contributed by atoms with Crippen molar-refractivity contribution in [1.29, 1.82) is 0 Å². The third-order valence-electron chi connectivity index (χ3n) is 5.49. The highest BCUT2D eigenvalue weighted by Crippen LogP contribution is 2.29. The van der Waals surface area contributed by atoms with E-state index in [0.29, 0.717) is 25.1 Å². The summed E-state index contributed by atoms with van der Waals surface area (Å²) in [6, 6.07) is 15.0. The molecule has 1 fully saturated rings. The molecule has 3 rings (SSSR count). The summed E-state index contributed by atoms with van der Waals surface area (Å²) in [6.45, 7) is 6.04. The van der Waals surface area contributed by atoms with Gasteiger partial charge in [0.15, 0.2) is 0 Å². The van der Waals surface area contributed by atoms with Crippen molar-refractivity contribution in [2.75, 3.05) is 7.05 Å². The fraction of sp³-hybridized carbons (Fsp3) is 0.480. The largest absolute Gasteiger partial charge is 0.488 e. The van der Waals surface area contributed by atoms with Crippen molar-refractivity contribution in [2.24, 2.45) is 0 Å². The van der Waals surface area contributed by atoms with Gasteiger partial charge in [0.05, 0.1) is 12.1 Å². The molecular formula is C25H33FN2O4. The molecule has 0 radical (unpaired) electrons. The number of aliphatic hydroxyl groups excluding tert-OH is 1. The zero-order valence-electron chi connectivity index (χ0n) is 19.1. The summed E-state index contributed by atoms with van der Waals surface area (Å²) < 4.78 is 24.7. The maximum atomic E-state index is 13.2. The Morgan fingerprint density at radius 3 is 2.41 bits per heavy atom. The molecule has 0 bridgehead atoms. The van der Waals surface area contributed by atoms with Crippen LogP contribution in [0.1, 0.15) is 39.2 Å². The fourth-order valence-corrected chi connectivity index (χ4v) is 4.12. The number of halogens is 1. The molecule has 0 aromatic heterocycles. The second kappa shape index (κ2) is 10.3. The standard InChI is InChI=1S/C25H33FN2O4/c1-25(2,3)32-24(30)27-20-14-15-21(31-19-12-10-18(26)11-13-19)23(29)22(20)28(4)16-17-8-6-5-7-9-17/h5-13,20-23,29H,14-16H2,1-4H3,(H,27,30)/t20-,21-,22+,23+/m1/s1. The molecule has 4 atom stereocenters. The number of likely N-dealkylation sites (N-methyl/N-ethyl adjacent to an activating group) is 1. The van der Waals surface area contributed by atoms with Crippen molar-refractivity contribution in [3.8, 4) is 5.75 Å². The van der Waals surface area contributed by atoms with Crippen LogP contribution in [-0.4, -0.2) is 53.0 Å². The van der Waals surface area contributed by atoms with Gasteiger partial charge in [0.2, 0.25) is 0 Å². The third-order valence-corrected chi connectivity index (χ3v) is 5.49. The molecule has 0 aliphatic heterocycles. The van der Waals surface area contributed by atoms with Gasteiger partial charge in [-0.25, -0.2) is 9.18 Å². The van der Waals surface area contributed by atoms with Crippen LogP contribution in [0.2, 0.25) is 0 Å². The van der Waals surface area contributed by atoms with Gasteiger partial charge in [-0.1, -0.05) is 30.3 Å². The highest BCUT2D eigenvalue weighted by atomic mass is 19.1. The number of aliphatic hydroxyl groups is 1. The number of carbonyl (C=O) groups is 1. The molecule has 1 saturated carbocycles. The molecule has 1 aliphatic rings. The van der Waals surface area contributed by atoms with Crippen LogP contribution in [0, 0.1) is 5.82 Å². The van der Waals surface area contributed by atoms with E-state index in [9.17, 15) is 14.3 Å². The number of nitrogens with zero attached hydrogens (tertiary/aromatic N) is 1. The number of carbonyl (C=O) groups excluding carboxylic acids is 1. The first-order chi connectivity index (χ1) is 15.1. The predicted molar refractivity (Wildman–Crippen MR) is 121 cm³/mol. The van der Waals surface area contributed by atoms with Crippen LogP contribution in [-0.2, 0) is 11.3 Å². The summed E-state index contributed by atoms with van der Waals surface area (Å²) in [5.74, 6) is 0.155. The maximum Gasteiger partial charge on any atom is 0.407 e. The van der Waals surface area contributed by atoms with E-state index in [-0.39, 0.29) is 11.9 Å². The van der Waals surface area contributed by atoms with E-state index in [0.717, 1.165) is 5.56 Å². The minimum Gasteiger partial charge on any atom is -0.488 e. The van der Waals surface area contributed by atoms with E-state index in [4.69, 9.17) is 9.47 Å². The van der Waals surface area contributed by atoms with E-state index < -0.39 is 29.9 Å². The Morgan fingerprint density at radius 2 is 1.78 bits per heavy atom. The van der Waals surface area contributed by atoms with E-state index in [1.165, 1.54) is 12.1 Å². The topological polar surface area (TPSA) is 71.0 Å². The van der Waals surface area contributed by atoms with E-state index in [1.54, 1.807) is 12.1 Å². The molecule has 2 aromatic carbocycles. The van der Waals surface area contributed by atoms with Gasteiger partial charge in [-0.15, -0.1) is 0 Å². The third kappa shape index (κ3) is 6.68. The molecule has 1 amide bonds. The number of hydrogen-bond acceptors (Lipinski definition) is 5. The second-order valence-electron chi connectivity index (χ2n) is 9.32. The number of ether oxygens (including phenoxy) is 2. The van der Waals surface area contributed by atoms with Crippen molar-refractivity contribution >= 4 is 6.09 Å². The summed E-state index contributed by atoms with van der Waals surface area (Å²) in [5, 5.41) is 14.2. The molecule has 0 spiro atoms. The lowest BCUT2D eigenvalue weighted by Gasteiger charge is -2.44. The quantitative estimate of drug-likeness (QED) is 0.701. The van der Waals surface area contributed by atoms with Crippen molar-refractivity contribution < 1.29 is 23.8 Å². The molecule has 2 N–H and O–H groups in total. The molecule has 0 heterocycles. The zero-order valence-corrected chi connectivity index (χ0v) is 19.1. The summed E-state index contributed by atoms with van der Waals surface area (Å²) in [7, 11) is 1.92. The number of alkyl carbamates (subject to hydrolysis) is 1. The molecule has 2 aromatic rings. The first kappa shape index (κ1) is 24.0. The Labute approximate surface area is 189 Å². The summed E-state index contributed by atoms with van der Waals surface area (Å²) in [4.78, 5) is 14.5. The van der Waals surface area contributed by atoms with Gasteiger partial charge in [-0.3, -0.25) is 4.90 Å². The lowest BCUT2D eigenvalue weighted by atomic mass is 9.84. The normalized spacial score (nSPS) is 23.6. The smallest absolute Gasteiger partial charge is 0.407 e. The van der Waals surface area contributed by atoms with Crippen LogP contribution in [0.3, 0.4) is 0 Å². The van der Waals surface area contributed by atoms with Crippen molar-refractivity contribution in [3.63, 3.8) is 0 Å². The Bertz CT molecular complexity index is 870. The molecular weight excluding hydrogens is 411 g/mol. The Kier molecular flexibility index (Phi) is 7.74. The highest BCUT2D eigenvalue weighted by molar-refractivity contribution is 5.68. The van der Waals surface area contributed by atoms with Crippen LogP contribution < -0.4 is 10.1 Å². The second-order valence-corrected chi connectivity index (χ2v) is 9.32. The predicted octanol–water partition coefficient (Wildman–Crippen LogP) is 4.12. The van der Waals surface area contributed by atoms with Crippen LogP contribution in [0.15, 0.2) is 54.6 Å². The molecule has 32 heavy (non-hydrogen) atoms. The van der Waals surface area contributed by atoms with Crippen LogP contribution in [0.25, 0.3) is 0 Å². The van der Waals surface area contributed by atoms with Crippen LogP contribution in [0.4, 0.5) is 9.18 Å². The Morgan fingerprint density at radius 1 is 1.12 bits per heavy atom. The highest BCUT2D eigenvalue weighted by Gasteiger charge is 2.43. The van der Waals surface area contributed by atoms with Gasteiger partial charge in [0.1, 0.15) is 29.4 Å². The lowest BCUT2D eigenvalue weighted by Crippen LogP contribution is -2.63. The van der Waals surface area contributed by atoms with Crippen LogP contribution in [0.5, 0.6) is 5.75 Å². The van der Waals surface area contributed by atoms with Crippen molar-refractivity contribution in [1.82, 2.24) is 10.2 Å². The first-order valence-electron chi connectivity index (χ1n) is 11.0. The van der Waals surface area contributed by atoms with Gasteiger partial charge >= 0.3 is 6.09 Å². The summed E-state index contributed by atoms with van der Waals surface area (Å²) in [5.41, 5.74) is 0.483. The number of rotatable bonds is 6. The van der Waals surface area contributed by atoms with Crippen molar-refractivity contribution in [3.05, 3.63) is 66.0 Å². The molecule has 7 heteroatoms. The first-order valence-corrected chi connectivity index (χ1v) is 11.0. The lowest BCUT2D eigenvalue weighted by molar-refractivity contribution is -0.0632. The van der Waals surface area contributed by atoms with Gasteiger partial charge in [0, 0.05) is 6.54 Å². The number of amides is 1. The number of hydrogen-bond donors (Lipinski definition) is 2. The summed E-state index contributed by atoms with van der Waals surface area (Å²) >= 11 is 0.